The maximum Gasteiger partial charge on any atom is 0.258 e. The first-order chi connectivity index (χ1) is 7.09. The number of hydrogen-bond acceptors (Lipinski definition) is 3. The van der Waals surface area contributed by atoms with Crippen molar-refractivity contribution in [3.8, 4) is 0 Å². The molecule has 0 spiro atoms. The normalized spacial score (nSPS) is 18.1. The van der Waals surface area contributed by atoms with Gasteiger partial charge in [-0.25, -0.2) is 9.97 Å². The number of rotatable bonds is 2. The second kappa shape index (κ2) is 3.29. The lowest BCUT2D eigenvalue weighted by molar-refractivity contribution is 0.0615. The summed E-state index contributed by atoms with van der Waals surface area (Å²) in [5.74, 6) is 0.0532. The standard InChI is InChI=1S/C11H15N3O/c1-4-5-14-10(15)8-6-12-7-13-9(8)11(14,2)3/h6-7H,4-5H2,1-3H3. The van der Waals surface area contributed by atoms with Crippen LogP contribution in [0.5, 0.6) is 0 Å². The van der Waals surface area contributed by atoms with E-state index in [0.717, 1.165) is 18.7 Å². The minimum absolute atomic E-state index is 0.0532. The third-order valence-corrected chi connectivity index (χ3v) is 2.89. The van der Waals surface area contributed by atoms with Gasteiger partial charge >= 0.3 is 0 Å². The highest BCUT2D eigenvalue weighted by Gasteiger charge is 2.43. The monoisotopic (exact) mass is 205 g/mol. The number of hydrogen-bond donors (Lipinski definition) is 0. The molecule has 0 bridgehead atoms. The highest BCUT2D eigenvalue weighted by Crippen LogP contribution is 2.36. The Kier molecular flexibility index (Phi) is 2.21. The molecular weight excluding hydrogens is 190 g/mol. The van der Waals surface area contributed by atoms with Crippen LogP contribution in [0.1, 0.15) is 43.2 Å². The van der Waals surface area contributed by atoms with Crippen LogP contribution in [0.4, 0.5) is 0 Å². The van der Waals surface area contributed by atoms with Crippen molar-refractivity contribution in [1.82, 2.24) is 14.9 Å². The Morgan fingerprint density at radius 3 is 2.80 bits per heavy atom. The van der Waals surface area contributed by atoms with Crippen LogP contribution in [0, 0.1) is 0 Å². The van der Waals surface area contributed by atoms with Crippen molar-refractivity contribution in [3.05, 3.63) is 23.8 Å². The van der Waals surface area contributed by atoms with Crippen molar-refractivity contribution >= 4 is 5.91 Å². The zero-order valence-electron chi connectivity index (χ0n) is 9.32. The third kappa shape index (κ3) is 1.32. The first kappa shape index (κ1) is 10.1. The minimum atomic E-state index is -0.300. The number of amides is 1. The van der Waals surface area contributed by atoms with Crippen LogP contribution in [0.2, 0.25) is 0 Å². The number of carbonyl (C=O) groups is 1. The van der Waals surface area contributed by atoms with Crippen LogP contribution in [0.15, 0.2) is 12.5 Å². The van der Waals surface area contributed by atoms with Crippen molar-refractivity contribution in [2.75, 3.05) is 6.54 Å². The molecule has 1 aliphatic rings. The fourth-order valence-corrected chi connectivity index (χ4v) is 2.11. The van der Waals surface area contributed by atoms with Gasteiger partial charge in [0.1, 0.15) is 6.33 Å². The van der Waals surface area contributed by atoms with E-state index in [-0.39, 0.29) is 11.4 Å². The summed E-state index contributed by atoms with van der Waals surface area (Å²) in [4.78, 5) is 22.0. The van der Waals surface area contributed by atoms with Crippen LogP contribution >= 0.6 is 0 Å². The molecule has 4 nitrogen and oxygen atoms in total. The Morgan fingerprint density at radius 1 is 1.47 bits per heavy atom. The van der Waals surface area contributed by atoms with Gasteiger partial charge in [0, 0.05) is 12.7 Å². The maximum absolute atomic E-state index is 12.0. The zero-order chi connectivity index (χ0) is 11.1. The number of nitrogens with zero attached hydrogens (tertiary/aromatic N) is 3. The Labute approximate surface area is 89.3 Å². The summed E-state index contributed by atoms with van der Waals surface area (Å²) in [5.41, 5.74) is 1.19. The lowest BCUT2D eigenvalue weighted by atomic mass is 10.0. The smallest absolute Gasteiger partial charge is 0.258 e. The van der Waals surface area contributed by atoms with E-state index in [4.69, 9.17) is 0 Å². The summed E-state index contributed by atoms with van der Waals surface area (Å²) in [6, 6.07) is 0. The van der Waals surface area contributed by atoms with Gasteiger partial charge in [-0.15, -0.1) is 0 Å². The van der Waals surface area contributed by atoms with E-state index in [0.29, 0.717) is 5.56 Å². The molecule has 0 N–H and O–H groups in total. The van der Waals surface area contributed by atoms with Gasteiger partial charge in [-0.1, -0.05) is 6.92 Å². The maximum atomic E-state index is 12.0. The number of carbonyl (C=O) groups excluding carboxylic acids is 1. The fraction of sp³-hybridized carbons (Fsp3) is 0.545. The molecule has 0 aliphatic carbocycles. The van der Waals surface area contributed by atoms with E-state index in [1.165, 1.54) is 6.33 Å². The third-order valence-electron chi connectivity index (χ3n) is 2.89. The molecule has 1 amide bonds. The number of fused-ring (bicyclic) bond motifs is 1. The molecule has 80 valence electrons. The van der Waals surface area contributed by atoms with Gasteiger partial charge in [0.2, 0.25) is 0 Å². The fourth-order valence-electron chi connectivity index (χ4n) is 2.11. The van der Waals surface area contributed by atoms with E-state index < -0.39 is 0 Å². The summed E-state index contributed by atoms with van der Waals surface area (Å²) in [7, 11) is 0. The van der Waals surface area contributed by atoms with Gasteiger partial charge in [0.25, 0.3) is 5.91 Å². The quantitative estimate of drug-likeness (QED) is 0.736. The van der Waals surface area contributed by atoms with Crippen molar-refractivity contribution in [2.24, 2.45) is 0 Å². The van der Waals surface area contributed by atoms with Gasteiger partial charge < -0.3 is 4.90 Å². The Morgan fingerprint density at radius 2 is 2.20 bits per heavy atom. The molecule has 0 radical (unpaired) electrons. The van der Waals surface area contributed by atoms with Crippen LogP contribution in [-0.2, 0) is 5.54 Å². The summed E-state index contributed by atoms with van der Waals surface area (Å²) in [6.07, 6.45) is 4.07. The van der Waals surface area contributed by atoms with E-state index in [1.54, 1.807) is 6.20 Å². The Hall–Kier alpha value is -1.45. The Bertz CT molecular complexity index is 401. The first-order valence-corrected chi connectivity index (χ1v) is 5.21. The molecule has 2 rings (SSSR count). The molecule has 0 atom stereocenters. The first-order valence-electron chi connectivity index (χ1n) is 5.21. The van der Waals surface area contributed by atoms with Crippen LogP contribution in [0.25, 0.3) is 0 Å². The number of aromatic nitrogens is 2. The molecule has 1 aliphatic heterocycles. The van der Waals surface area contributed by atoms with E-state index in [2.05, 4.69) is 16.9 Å². The van der Waals surface area contributed by atoms with Crippen molar-refractivity contribution in [2.45, 2.75) is 32.7 Å². The SMILES string of the molecule is CCCN1C(=O)c2cncnc2C1(C)C. The van der Waals surface area contributed by atoms with Crippen LogP contribution < -0.4 is 0 Å². The molecule has 0 unspecified atom stereocenters. The summed E-state index contributed by atoms with van der Waals surface area (Å²) in [6.45, 7) is 6.89. The molecular formula is C11H15N3O. The summed E-state index contributed by atoms with van der Waals surface area (Å²) >= 11 is 0. The summed E-state index contributed by atoms with van der Waals surface area (Å²) < 4.78 is 0. The van der Waals surface area contributed by atoms with Gasteiger partial charge in [-0.05, 0) is 20.3 Å². The highest BCUT2D eigenvalue weighted by molar-refractivity contribution is 5.98. The van der Waals surface area contributed by atoms with E-state index in [1.807, 2.05) is 18.7 Å². The average molecular weight is 205 g/mol. The highest BCUT2D eigenvalue weighted by atomic mass is 16.2. The van der Waals surface area contributed by atoms with E-state index in [9.17, 15) is 4.79 Å². The molecule has 0 fully saturated rings. The van der Waals surface area contributed by atoms with Gasteiger partial charge in [-0.2, -0.15) is 0 Å². The molecule has 15 heavy (non-hydrogen) atoms. The molecule has 1 aromatic heterocycles. The van der Waals surface area contributed by atoms with Crippen molar-refractivity contribution in [3.63, 3.8) is 0 Å². The largest absolute Gasteiger partial charge is 0.328 e. The van der Waals surface area contributed by atoms with Gasteiger partial charge in [-0.3, -0.25) is 4.79 Å². The predicted molar refractivity (Wildman–Crippen MR) is 56.4 cm³/mol. The Balaban J connectivity index is 2.50. The molecule has 0 saturated heterocycles. The van der Waals surface area contributed by atoms with E-state index >= 15 is 0 Å². The average Bonchev–Trinajstić information content (AvgIpc) is 2.41. The molecule has 0 saturated carbocycles. The second-order valence-corrected chi connectivity index (χ2v) is 4.30. The van der Waals surface area contributed by atoms with Crippen molar-refractivity contribution < 1.29 is 4.79 Å². The molecule has 0 aromatic carbocycles. The predicted octanol–water partition coefficient (Wildman–Crippen LogP) is 1.58. The summed E-state index contributed by atoms with van der Waals surface area (Å²) in [5, 5.41) is 0. The van der Waals surface area contributed by atoms with Gasteiger partial charge in [0.05, 0.1) is 16.8 Å². The lowest BCUT2D eigenvalue weighted by Gasteiger charge is -2.31. The van der Waals surface area contributed by atoms with Crippen LogP contribution in [0.3, 0.4) is 0 Å². The molecule has 1 aromatic rings. The van der Waals surface area contributed by atoms with Crippen molar-refractivity contribution in [1.29, 1.82) is 0 Å². The molecule has 2 heterocycles. The topological polar surface area (TPSA) is 46.1 Å². The van der Waals surface area contributed by atoms with Crippen LogP contribution in [-0.4, -0.2) is 27.3 Å². The van der Waals surface area contributed by atoms with Gasteiger partial charge in [0.15, 0.2) is 0 Å². The minimum Gasteiger partial charge on any atom is -0.328 e. The lowest BCUT2D eigenvalue weighted by Crippen LogP contribution is -2.39. The zero-order valence-corrected chi connectivity index (χ0v) is 9.32. The molecule has 4 heteroatoms. The second-order valence-electron chi connectivity index (χ2n) is 4.30.